The van der Waals surface area contributed by atoms with Gasteiger partial charge in [-0.2, -0.15) is 0 Å². The third-order valence-electron chi connectivity index (χ3n) is 3.47. The number of nitro groups is 1. The van der Waals surface area contributed by atoms with Crippen LogP contribution in [0.1, 0.15) is 29.3 Å². The van der Waals surface area contributed by atoms with Crippen molar-refractivity contribution >= 4 is 23.3 Å². The molecule has 0 aliphatic carbocycles. The highest BCUT2D eigenvalue weighted by molar-refractivity contribution is 6.31. The first-order valence-electron chi connectivity index (χ1n) is 7.49. The summed E-state index contributed by atoms with van der Waals surface area (Å²) in [5, 5.41) is 19.0. The summed E-state index contributed by atoms with van der Waals surface area (Å²) in [6, 6.07) is 12.7. The molecule has 0 amide bonds. The highest BCUT2D eigenvalue weighted by Gasteiger charge is 2.26. The molecule has 2 aromatic carbocycles. The molecule has 9 heteroatoms. The molecule has 8 nitrogen and oxygen atoms in total. The molecule has 0 aliphatic rings. The fourth-order valence-electron chi connectivity index (χ4n) is 2.20. The Morgan fingerprint density at radius 3 is 2.65 bits per heavy atom. The molecule has 132 valence electrons. The van der Waals surface area contributed by atoms with Crippen LogP contribution in [-0.4, -0.2) is 21.1 Å². The predicted octanol–water partition coefficient (Wildman–Crippen LogP) is 4.22. The van der Waals surface area contributed by atoms with Gasteiger partial charge < -0.3 is 9.15 Å². The van der Waals surface area contributed by atoms with Crippen LogP contribution in [0.2, 0.25) is 5.02 Å². The number of hydrogen-bond acceptors (Lipinski definition) is 7. The number of nitro benzene ring substituents is 1. The standard InChI is InChI=1S/C17H12ClN3O5/c1-10(15-19-20-16(26-15)11-5-3-2-4-6-11)25-17(22)13-9-12(18)7-8-14(13)21(23)24/h2-10H,1H3/t10-/m1/s1. The second kappa shape index (κ2) is 7.32. The third kappa shape index (κ3) is 3.70. The largest absolute Gasteiger partial charge is 0.449 e. The van der Waals surface area contributed by atoms with Gasteiger partial charge in [0, 0.05) is 16.7 Å². The molecular weight excluding hydrogens is 362 g/mol. The summed E-state index contributed by atoms with van der Waals surface area (Å²) in [5.74, 6) is -0.565. The molecule has 0 saturated heterocycles. The van der Waals surface area contributed by atoms with Crippen molar-refractivity contribution in [3.8, 4) is 11.5 Å². The average molecular weight is 374 g/mol. The number of esters is 1. The van der Waals surface area contributed by atoms with Crippen molar-refractivity contribution in [2.45, 2.75) is 13.0 Å². The van der Waals surface area contributed by atoms with E-state index >= 15 is 0 Å². The highest BCUT2D eigenvalue weighted by atomic mass is 35.5. The topological polar surface area (TPSA) is 108 Å². The first-order valence-corrected chi connectivity index (χ1v) is 7.87. The Hall–Kier alpha value is -3.26. The van der Waals surface area contributed by atoms with Gasteiger partial charge in [0.05, 0.1) is 4.92 Å². The Morgan fingerprint density at radius 2 is 1.96 bits per heavy atom. The van der Waals surface area contributed by atoms with E-state index in [-0.39, 0.29) is 22.4 Å². The lowest BCUT2D eigenvalue weighted by Crippen LogP contribution is -2.11. The van der Waals surface area contributed by atoms with Gasteiger partial charge in [-0.3, -0.25) is 10.1 Å². The van der Waals surface area contributed by atoms with Crippen LogP contribution in [-0.2, 0) is 4.74 Å². The Kier molecular flexibility index (Phi) is 4.94. The number of nitrogens with zero attached hydrogens (tertiary/aromatic N) is 3. The minimum Gasteiger partial charge on any atom is -0.449 e. The molecule has 1 heterocycles. The zero-order valence-corrected chi connectivity index (χ0v) is 14.2. The lowest BCUT2D eigenvalue weighted by atomic mass is 10.2. The van der Waals surface area contributed by atoms with Crippen molar-refractivity contribution in [1.82, 2.24) is 10.2 Å². The number of carbonyl (C=O) groups excluding carboxylic acids is 1. The van der Waals surface area contributed by atoms with Crippen molar-refractivity contribution in [1.29, 1.82) is 0 Å². The number of hydrogen-bond donors (Lipinski definition) is 0. The summed E-state index contributed by atoms with van der Waals surface area (Å²) in [6.45, 7) is 1.52. The van der Waals surface area contributed by atoms with Gasteiger partial charge in [0.2, 0.25) is 5.89 Å². The van der Waals surface area contributed by atoms with Gasteiger partial charge >= 0.3 is 5.97 Å². The molecule has 0 saturated carbocycles. The van der Waals surface area contributed by atoms with Gasteiger partial charge in [-0.1, -0.05) is 29.8 Å². The molecule has 0 fully saturated rings. The summed E-state index contributed by atoms with van der Waals surface area (Å²) in [4.78, 5) is 22.7. The van der Waals surface area contributed by atoms with E-state index < -0.39 is 22.7 Å². The number of carbonyl (C=O) groups is 1. The van der Waals surface area contributed by atoms with E-state index in [1.165, 1.54) is 19.1 Å². The van der Waals surface area contributed by atoms with Crippen molar-refractivity contribution in [3.63, 3.8) is 0 Å². The molecule has 0 radical (unpaired) electrons. The maximum Gasteiger partial charge on any atom is 0.345 e. The molecule has 0 spiro atoms. The van der Waals surface area contributed by atoms with Crippen molar-refractivity contribution in [2.24, 2.45) is 0 Å². The van der Waals surface area contributed by atoms with E-state index in [0.29, 0.717) is 0 Å². The van der Waals surface area contributed by atoms with Gasteiger partial charge in [-0.25, -0.2) is 4.79 Å². The molecule has 0 aliphatic heterocycles. The van der Waals surface area contributed by atoms with Crippen LogP contribution in [0.5, 0.6) is 0 Å². The Bertz CT molecular complexity index is 958. The smallest absolute Gasteiger partial charge is 0.345 e. The monoisotopic (exact) mass is 373 g/mol. The molecule has 1 atom stereocenters. The Balaban J connectivity index is 1.79. The van der Waals surface area contributed by atoms with E-state index in [4.69, 9.17) is 20.8 Å². The van der Waals surface area contributed by atoms with E-state index in [2.05, 4.69) is 10.2 Å². The minimum absolute atomic E-state index is 0.0712. The van der Waals surface area contributed by atoms with Gasteiger partial charge in [-0.05, 0) is 31.2 Å². The predicted molar refractivity (Wildman–Crippen MR) is 91.7 cm³/mol. The molecular formula is C17H12ClN3O5. The molecule has 3 aromatic rings. The number of benzene rings is 2. The molecule has 0 N–H and O–H groups in total. The van der Waals surface area contributed by atoms with Crippen molar-refractivity contribution in [2.75, 3.05) is 0 Å². The van der Waals surface area contributed by atoms with Gasteiger partial charge in [-0.15, -0.1) is 10.2 Å². The average Bonchev–Trinajstić information content (AvgIpc) is 3.12. The molecule has 26 heavy (non-hydrogen) atoms. The van der Waals surface area contributed by atoms with Crippen LogP contribution in [0.15, 0.2) is 52.9 Å². The molecule has 0 bridgehead atoms. The highest BCUT2D eigenvalue weighted by Crippen LogP contribution is 2.27. The number of halogens is 1. The lowest BCUT2D eigenvalue weighted by Gasteiger charge is -2.09. The second-order valence-electron chi connectivity index (χ2n) is 5.28. The second-order valence-corrected chi connectivity index (χ2v) is 5.71. The minimum atomic E-state index is -0.911. The number of aromatic nitrogens is 2. The first-order chi connectivity index (χ1) is 12.5. The zero-order valence-electron chi connectivity index (χ0n) is 13.5. The normalized spacial score (nSPS) is 11.8. The van der Waals surface area contributed by atoms with Gasteiger partial charge in [0.15, 0.2) is 6.10 Å². The van der Waals surface area contributed by atoms with Crippen LogP contribution in [0.4, 0.5) is 5.69 Å². The summed E-state index contributed by atoms with van der Waals surface area (Å²) < 4.78 is 10.7. The SMILES string of the molecule is C[C@@H](OC(=O)c1cc(Cl)ccc1[N+](=O)[O-])c1nnc(-c2ccccc2)o1. The summed E-state index contributed by atoms with van der Waals surface area (Å²) in [5.41, 5.74) is 0.0644. The van der Waals surface area contributed by atoms with Crippen LogP contribution in [0, 0.1) is 10.1 Å². The molecule has 0 unspecified atom stereocenters. The molecule has 1 aromatic heterocycles. The fourth-order valence-corrected chi connectivity index (χ4v) is 2.37. The lowest BCUT2D eigenvalue weighted by molar-refractivity contribution is -0.385. The van der Waals surface area contributed by atoms with E-state index in [0.717, 1.165) is 11.6 Å². The van der Waals surface area contributed by atoms with Gasteiger partial charge in [0.25, 0.3) is 11.6 Å². The Labute approximate surface area is 152 Å². The maximum atomic E-state index is 12.3. The summed E-state index contributed by atoms with van der Waals surface area (Å²) in [7, 11) is 0. The van der Waals surface area contributed by atoms with Crippen LogP contribution >= 0.6 is 11.6 Å². The van der Waals surface area contributed by atoms with Crippen molar-refractivity contribution < 1.29 is 18.9 Å². The van der Waals surface area contributed by atoms with Crippen LogP contribution in [0.3, 0.4) is 0 Å². The van der Waals surface area contributed by atoms with Crippen LogP contribution in [0.25, 0.3) is 11.5 Å². The van der Waals surface area contributed by atoms with Gasteiger partial charge in [0.1, 0.15) is 5.56 Å². The summed E-state index contributed by atoms with van der Waals surface area (Å²) in [6.07, 6.45) is -0.897. The van der Waals surface area contributed by atoms with Crippen molar-refractivity contribution in [3.05, 3.63) is 75.1 Å². The molecule has 3 rings (SSSR count). The maximum absolute atomic E-state index is 12.3. The first kappa shape index (κ1) is 17.6. The fraction of sp³-hybridized carbons (Fsp3) is 0.118. The zero-order chi connectivity index (χ0) is 18.7. The summed E-state index contributed by atoms with van der Waals surface area (Å²) >= 11 is 5.82. The van der Waals surface area contributed by atoms with Crippen LogP contribution < -0.4 is 0 Å². The quantitative estimate of drug-likeness (QED) is 0.374. The number of rotatable bonds is 5. The van der Waals surface area contributed by atoms with E-state index in [1.54, 1.807) is 12.1 Å². The number of ether oxygens (including phenoxy) is 1. The van der Waals surface area contributed by atoms with E-state index in [1.807, 2.05) is 18.2 Å². The Morgan fingerprint density at radius 1 is 1.23 bits per heavy atom. The third-order valence-corrected chi connectivity index (χ3v) is 3.70. The van der Waals surface area contributed by atoms with E-state index in [9.17, 15) is 14.9 Å².